The van der Waals surface area contributed by atoms with Gasteiger partial charge in [0.05, 0.1) is 6.61 Å². The van der Waals surface area contributed by atoms with Crippen LogP contribution in [0.3, 0.4) is 0 Å². The largest absolute Gasteiger partial charge is 0.464 e. The van der Waals surface area contributed by atoms with Gasteiger partial charge in [-0.05, 0) is 50.3 Å². The molecule has 3 rings (SSSR count). The van der Waals surface area contributed by atoms with E-state index >= 15 is 0 Å². The minimum Gasteiger partial charge on any atom is -0.464 e. The highest BCUT2D eigenvalue weighted by molar-refractivity contribution is 5.82. The molecule has 6 nitrogen and oxygen atoms in total. The van der Waals surface area contributed by atoms with Gasteiger partial charge in [-0.25, -0.2) is 9.59 Å². The van der Waals surface area contributed by atoms with Gasteiger partial charge in [0.25, 0.3) is 0 Å². The predicted molar refractivity (Wildman–Crippen MR) is 92.9 cm³/mol. The van der Waals surface area contributed by atoms with Crippen molar-refractivity contribution in [2.24, 2.45) is 5.41 Å². The van der Waals surface area contributed by atoms with Gasteiger partial charge in [0.2, 0.25) is 0 Å². The van der Waals surface area contributed by atoms with Crippen molar-refractivity contribution >= 4 is 12.1 Å². The van der Waals surface area contributed by atoms with Gasteiger partial charge in [0.15, 0.2) is 0 Å². The molecule has 2 fully saturated rings. The first-order chi connectivity index (χ1) is 12.1. The first-order valence-electron chi connectivity index (χ1n) is 8.98. The maximum absolute atomic E-state index is 12.6. The minimum atomic E-state index is -0.540. The zero-order valence-electron chi connectivity index (χ0n) is 14.7. The summed E-state index contributed by atoms with van der Waals surface area (Å²) in [5.74, 6) is -0.324. The highest BCUT2D eigenvalue weighted by Gasteiger charge is 2.50. The van der Waals surface area contributed by atoms with Crippen LogP contribution in [-0.2, 0) is 20.9 Å². The minimum absolute atomic E-state index is 0.00551. The molecule has 0 unspecified atom stereocenters. The topological polar surface area (TPSA) is 67.9 Å². The van der Waals surface area contributed by atoms with Gasteiger partial charge in [-0.15, -0.1) is 0 Å². The Kier molecular flexibility index (Phi) is 5.58. The summed E-state index contributed by atoms with van der Waals surface area (Å²) >= 11 is 0. The van der Waals surface area contributed by atoms with Crippen LogP contribution in [0.2, 0.25) is 0 Å². The summed E-state index contributed by atoms with van der Waals surface area (Å²) in [5, 5.41) is 3.34. The molecule has 2 heterocycles. The van der Waals surface area contributed by atoms with Crippen LogP contribution >= 0.6 is 0 Å². The Morgan fingerprint density at radius 1 is 1.20 bits per heavy atom. The maximum Gasteiger partial charge on any atom is 0.410 e. The third-order valence-corrected chi connectivity index (χ3v) is 5.17. The zero-order valence-corrected chi connectivity index (χ0v) is 14.7. The lowest BCUT2D eigenvalue weighted by Gasteiger charge is -2.33. The van der Waals surface area contributed by atoms with Gasteiger partial charge in [-0.3, -0.25) is 4.90 Å². The normalized spacial score (nSPS) is 22.0. The molecule has 0 aliphatic carbocycles. The first-order valence-corrected chi connectivity index (χ1v) is 8.98. The molecule has 2 saturated heterocycles. The molecule has 2 aliphatic heterocycles. The van der Waals surface area contributed by atoms with E-state index in [-0.39, 0.29) is 18.0 Å². The highest BCUT2D eigenvalue weighted by atomic mass is 16.6. The molecule has 1 amide bonds. The number of likely N-dealkylation sites (tertiary alicyclic amines) is 1. The Balaban J connectivity index is 1.69. The summed E-state index contributed by atoms with van der Waals surface area (Å²) in [6.07, 6.45) is 2.15. The molecule has 0 aromatic heterocycles. The number of nitrogens with zero attached hydrogens (tertiary/aromatic N) is 1. The number of esters is 1. The van der Waals surface area contributed by atoms with Crippen LogP contribution in [0.4, 0.5) is 4.79 Å². The Bertz CT molecular complexity index is 599. The summed E-state index contributed by atoms with van der Waals surface area (Å²) in [7, 11) is 0. The maximum atomic E-state index is 12.6. The molecule has 1 N–H and O–H groups in total. The van der Waals surface area contributed by atoms with Gasteiger partial charge in [-0.2, -0.15) is 0 Å². The SMILES string of the molecule is CCOC(=O)[C@H]1CC2(CCNCC2)CN1C(=O)OCc1ccccc1. The van der Waals surface area contributed by atoms with E-state index in [0.717, 1.165) is 31.5 Å². The number of hydrogen-bond acceptors (Lipinski definition) is 5. The average molecular weight is 346 g/mol. The van der Waals surface area contributed by atoms with Gasteiger partial charge in [0, 0.05) is 6.54 Å². The highest BCUT2D eigenvalue weighted by Crippen LogP contribution is 2.42. The van der Waals surface area contributed by atoms with Crippen LogP contribution in [0.25, 0.3) is 0 Å². The van der Waals surface area contributed by atoms with E-state index in [1.807, 2.05) is 30.3 Å². The summed E-state index contributed by atoms with van der Waals surface area (Å²) in [5.41, 5.74) is 0.924. The molecule has 0 radical (unpaired) electrons. The summed E-state index contributed by atoms with van der Waals surface area (Å²) < 4.78 is 10.7. The molecule has 0 saturated carbocycles. The molecule has 1 atom stereocenters. The molecule has 6 heteroatoms. The van der Waals surface area contributed by atoms with Crippen LogP contribution in [0.5, 0.6) is 0 Å². The van der Waals surface area contributed by atoms with Crippen LogP contribution in [0, 0.1) is 5.41 Å². The summed E-state index contributed by atoms with van der Waals surface area (Å²) in [6, 6.07) is 9.02. The van der Waals surface area contributed by atoms with E-state index in [1.165, 1.54) is 0 Å². The Labute approximate surface area is 148 Å². The second-order valence-electron chi connectivity index (χ2n) is 6.89. The molecule has 2 aliphatic rings. The van der Waals surface area contributed by atoms with Crippen LogP contribution in [0.15, 0.2) is 30.3 Å². The monoisotopic (exact) mass is 346 g/mol. The number of carbonyl (C=O) groups is 2. The van der Waals surface area contributed by atoms with Crippen LogP contribution in [0.1, 0.15) is 31.7 Å². The first kappa shape index (κ1) is 17.7. The van der Waals surface area contributed by atoms with Crippen LogP contribution in [-0.4, -0.2) is 49.2 Å². The van der Waals surface area contributed by atoms with Crippen molar-refractivity contribution in [2.75, 3.05) is 26.2 Å². The molecule has 0 bridgehead atoms. The van der Waals surface area contributed by atoms with Crippen molar-refractivity contribution in [1.82, 2.24) is 10.2 Å². The Morgan fingerprint density at radius 3 is 2.60 bits per heavy atom. The van der Waals surface area contributed by atoms with E-state index in [4.69, 9.17) is 9.47 Å². The lowest BCUT2D eigenvalue weighted by molar-refractivity contribution is -0.148. The van der Waals surface area contributed by atoms with Crippen molar-refractivity contribution in [2.45, 2.75) is 38.8 Å². The standard InChI is InChI=1S/C19H26N2O4/c1-2-24-17(22)16-12-19(8-10-20-11-9-19)14-21(16)18(23)25-13-15-6-4-3-5-7-15/h3-7,16,20H,2,8-14H2,1H3/t16-/m1/s1. The number of nitrogens with one attached hydrogen (secondary N) is 1. The summed E-state index contributed by atoms with van der Waals surface area (Å²) in [4.78, 5) is 26.6. The van der Waals surface area contributed by atoms with E-state index < -0.39 is 12.1 Å². The van der Waals surface area contributed by atoms with Gasteiger partial charge < -0.3 is 14.8 Å². The van der Waals surface area contributed by atoms with Crippen molar-refractivity contribution in [3.8, 4) is 0 Å². The average Bonchev–Trinajstić information content (AvgIpc) is 3.00. The lowest BCUT2D eigenvalue weighted by atomic mass is 9.77. The van der Waals surface area contributed by atoms with Crippen molar-refractivity contribution in [3.05, 3.63) is 35.9 Å². The predicted octanol–water partition coefficient (Wildman–Crippen LogP) is 2.33. The number of benzene rings is 1. The molecule has 136 valence electrons. The number of amides is 1. The molecular weight excluding hydrogens is 320 g/mol. The molecule has 1 aromatic rings. The second-order valence-corrected chi connectivity index (χ2v) is 6.89. The molecule has 1 aromatic carbocycles. The number of rotatable bonds is 4. The molecule has 25 heavy (non-hydrogen) atoms. The van der Waals surface area contributed by atoms with Gasteiger partial charge >= 0.3 is 12.1 Å². The number of ether oxygens (including phenoxy) is 2. The molecule has 1 spiro atoms. The lowest BCUT2D eigenvalue weighted by Crippen LogP contribution is -2.42. The van der Waals surface area contributed by atoms with Crippen LogP contribution < -0.4 is 5.32 Å². The Hall–Kier alpha value is -2.08. The number of carbonyl (C=O) groups excluding carboxylic acids is 2. The third kappa shape index (κ3) is 4.12. The van der Waals surface area contributed by atoms with Gasteiger partial charge in [-0.1, -0.05) is 30.3 Å². The van der Waals surface area contributed by atoms with Gasteiger partial charge in [0.1, 0.15) is 12.6 Å². The van der Waals surface area contributed by atoms with Crippen molar-refractivity contribution in [3.63, 3.8) is 0 Å². The van der Waals surface area contributed by atoms with Crippen molar-refractivity contribution in [1.29, 1.82) is 0 Å². The fourth-order valence-electron chi connectivity index (χ4n) is 3.82. The third-order valence-electron chi connectivity index (χ3n) is 5.17. The second kappa shape index (κ2) is 7.87. The zero-order chi connectivity index (χ0) is 17.7. The van der Waals surface area contributed by atoms with E-state index in [1.54, 1.807) is 11.8 Å². The fraction of sp³-hybridized carbons (Fsp3) is 0.579. The number of hydrogen-bond donors (Lipinski definition) is 1. The van der Waals surface area contributed by atoms with Crippen molar-refractivity contribution < 1.29 is 19.1 Å². The Morgan fingerprint density at radius 2 is 1.92 bits per heavy atom. The van der Waals surface area contributed by atoms with E-state index in [9.17, 15) is 9.59 Å². The quantitative estimate of drug-likeness (QED) is 0.848. The van der Waals surface area contributed by atoms with E-state index in [2.05, 4.69) is 5.32 Å². The number of piperidine rings is 1. The summed E-state index contributed by atoms with van der Waals surface area (Å²) in [6.45, 7) is 4.71. The smallest absolute Gasteiger partial charge is 0.410 e. The fourth-order valence-corrected chi connectivity index (χ4v) is 3.82. The molecular formula is C19H26N2O4. The van der Waals surface area contributed by atoms with E-state index in [0.29, 0.717) is 19.6 Å².